The van der Waals surface area contributed by atoms with E-state index in [0.29, 0.717) is 32.5 Å². The normalized spacial score (nSPS) is 36.9. The minimum Gasteiger partial charge on any atom is -0.465 e. The van der Waals surface area contributed by atoms with Gasteiger partial charge in [0.2, 0.25) is 11.8 Å². The molecule has 1 N–H and O–H groups in total. The van der Waals surface area contributed by atoms with Gasteiger partial charge < -0.3 is 19.6 Å². The summed E-state index contributed by atoms with van der Waals surface area (Å²) < 4.78 is 4.89. The first-order valence-electron chi connectivity index (χ1n) is 13.5. The van der Waals surface area contributed by atoms with E-state index in [1.54, 1.807) is 16.7 Å². The molecule has 5 rings (SSSR count). The van der Waals surface area contributed by atoms with Crippen LogP contribution in [0.4, 0.5) is 0 Å². The van der Waals surface area contributed by atoms with Crippen LogP contribution in [0, 0.1) is 11.8 Å². The van der Waals surface area contributed by atoms with Crippen molar-refractivity contribution < 1.29 is 24.2 Å². The van der Waals surface area contributed by atoms with Gasteiger partial charge in [-0.05, 0) is 44.9 Å². The SMILES string of the molecule is O=C1OCCCC/C=C\[C@@H]2S[C@]34C=CCN(C5CCCCC5)C(=O)C3N(CCCCO)C(=O)[C@@H]4[C@H]12. The molecule has 7 nitrogen and oxygen atoms in total. The number of ether oxygens (including phenoxy) is 1. The minimum atomic E-state index is -0.774. The van der Waals surface area contributed by atoms with Crippen molar-refractivity contribution in [3.05, 3.63) is 24.3 Å². The van der Waals surface area contributed by atoms with Gasteiger partial charge in [-0.3, -0.25) is 14.4 Å². The summed E-state index contributed by atoms with van der Waals surface area (Å²) in [7, 11) is 0. The highest BCUT2D eigenvalue weighted by Gasteiger charge is 2.71. The molecular formula is C27H38N2O5S. The Balaban J connectivity index is 1.54. The number of allylic oxidation sites excluding steroid dienone is 1. The molecule has 2 saturated heterocycles. The number of hydrogen-bond acceptors (Lipinski definition) is 6. The molecule has 1 spiro atoms. The Morgan fingerprint density at radius 2 is 1.86 bits per heavy atom. The molecule has 8 heteroatoms. The number of aliphatic hydroxyl groups is 1. The summed E-state index contributed by atoms with van der Waals surface area (Å²) in [4.78, 5) is 45.4. The second kappa shape index (κ2) is 10.7. The van der Waals surface area contributed by atoms with Crippen molar-refractivity contribution in [3.63, 3.8) is 0 Å². The van der Waals surface area contributed by atoms with Crippen LogP contribution in [0.15, 0.2) is 24.3 Å². The molecule has 0 radical (unpaired) electrons. The summed E-state index contributed by atoms with van der Waals surface area (Å²) in [5.74, 6) is -1.60. The lowest BCUT2D eigenvalue weighted by Crippen LogP contribution is -2.55. The van der Waals surface area contributed by atoms with Crippen LogP contribution in [-0.4, -0.2) is 81.1 Å². The number of nitrogens with zero attached hydrogens (tertiary/aromatic N) is 2. The van der Waals surface area contributed by atoms with Gasteiger partial charge in [-0.1, -0.05) is 43.6 Å². The average Bonchev–Trinajstić information content (AvgIpc) is 3.24. The zero-order valence-corrected chi connectivity index (χ0v) is 21.3. The predicted molar refractivity (Wildman–Crippen MR) is 135 cm³/mol. The monoisotopic (exact) mass is 502 g/mol. The fourth-order valence-corrected chi connectivity index (χ4v) is 8.79. The maximum atomic E-state index is 14.3. The summed E-state index contributed by atoms with van der Waals surface area (Å²) in [6.45, 7) is 1.41. The first kappa shape index (κ1) is 24.9. The van der Waals surface area contributed by atoms with Crippen LogP contribution >= 0.6 is 11.8 Å². The van der Waals surface area contributed by atoms with Crippen molar-refractivity contribution >= 4 is 29.5 Å². The van der Waals surface area contributed by atoms with Crippen LogP contribution in [0.25, 0.3) is 0 Å². The highest BCUT2D eigenvalue weighted by Crippen LogP contribution is 2.60. The van der Waals surface area contributed by atoms with Gasteiger partial charge in [0.25, 0.3) is 0 Å². The lowest BCUT2D eigenvalue weighted by molar-refractivity contribution is -0.153. The van der Waals surface area contributed by atoms with Crippen molar-refractivity contribution in [1.82, 2.24) is 9.80 Å². The third kappa shape index (κ3) is 4.45. The number of likely N-dealkylation sites (tertiary alicyclic amines) is 1. The van der Waals surface area contributed by atoms with E-state index in [4.69, 9.17) is 4.74 Å². The molecular weight excluding hydrogens is 464 g/mol. The van der Waals surface area contributed by atoms with Crippen molar-refractivity contribution in [3.8, 4) is 0 Å². The number of cyclic esters (lactones) is 1. The second-order valence-corrected chi connectivity index (χ2v) is 12.1. The fourth-order valence-electron chi connectivity index (χ4n) is 6.79. The van der Waals surface area contributed by atoms with E-state index in [1.165, 1.54) is 6.42 Å². The summed E-state index contributed by atoms with van der Waals surface area (Å²) in [6.07, 6.45) is 17.8. The van der Waals surface area contributed by atoms with Crippen LogP contribution in [0.1, 0.15) is 64.2 Å². The first-order valence-corrected chi connectivity index (χ1v) is 14.4. The maximum absolute atomic E-state index is 14.3. The number of aliphatic hydroxyl groups excluding tert-OH is 1. The van der Waals surface area contributed by atoms with Gasteiger partial charge in [0.1, 0.15) is 6.04 Å². The van der Waals surface area contributed by atoms with Crippen LogP contribution < -0.4 is 0 Å². The molecule has 2 amide bonds. The standard InChI is InChI=1S/C27H38N2O5S/c30-17-8-7-15-29-23-25(32)28(19-11-4-3-5-12-19)16-10-14-27(23)22(24(29)31)21-20(35-27)13-6-1-2-9-18-34-26(21)33/h6,10,13-14,19-23,30H,1-5,7-9,11-12,15-18H2/b13-6-/t20-,21+,22-,23?,27-/m0/s1. The van der Waals surface area contributed by atoms with E-state index >= 15 is 0 Å². The molecule has 1 saturated carbocycles. The molecule has 0 aromatic heterocycles. The number of fused-ring (bicyclic) bond motifs is 2. The van der Waals surface area contributed by atoms with Crippen LogP contribution in [0.2, 0.25) is 0 Å². The van der Waals surface area contributed by atoms with Crippen molar-refractivity contribution in [2.45, 2.75) is 86.3 Å². The Hall–Kier alpha value is -1.80. The van der Waals surface area contributed by atoms with E-state index in [0.717, 1.165) is 44.9 Å². The molecule has 0 aromatic carbocycles. The molecule has 4 heterocycles. The zero-order valence-electron chi connectivity index (χ0n) is 20.5. The van der Waals surface area contributed by atoms with Gasteiger partial charge >= 0.3 is 5.97 Å². The van der Waals surface area contributed by atoms with Gasteiger partial charge in [0.15, 0.2) is 0 Å². The molecule has 192 valence electrons. The Labute approximate surface area is 212 Å². The average molecular weight is 503 g/mol. The molecule has 3 fully saturated rings. The van der Waals surface area contributed by atoms with Gasteiger partial charge in [0, 0.05) is 31.0 Å². The second-order valence-electron chi connectivity index (χ2n) is 10.6. The Morgan fingerprint density at radius 3 is 2.66 bits per heavy atom. The van der Waals surface area contributed by atoms with Crippen molar-refractivity contribution in [2.75, 3.05) is 26.3 Å². The Kier molecular flexibility index (Phi) is 7.58. The smallest absolute Gasteiger partial charge is 0.311 e. The third-order valence-corrected chi connectivity index (χ3v) is 10.2. The molecule has 1 aliphatic carbocycles. The minimum absolute atomic E-state index is 0.0234. The first-order chi connectivity index (χ1) is 17.1. The number of amides is 2. The number of carbonyl (C=O) groups excluding carboxylic acids is 3. The summed E-state index contributed by atoms with van der Waals surface area (Å²) >= 11 is 1.62. The summed E-state index contributed by atoms with van der Waals surface area (Å²) in [5, 5.41) is 9.16. The maximum Gasteiger partial charge on any atom is 0.311 e. The topological polar surface area (TPSA) is 87.2 Å². The molecule has 0 aromatic rings. The lowest BCUT2D eigenvalue weighted by Gasteiger charge is -2.39. The van der Waals surface area contributed by atoms with Crippen LogP contribution in [0.5, 0.6) is 0 Å². The Bertz CT molecular complexity index is 885. The highest BCUT2D eigenvalue weighted by atomic mass is 32.2. The number of esters is 1. The fraction of sp³-hybridized carbons (Fsp3) is 0.741. The van der Waals surface area contributed by atoms with Crippen molar-refractivity contribution in [2.24, 2.45) is 11.8 Å². The molecule has 35 heavy (non-hydrogen) atoms. The van der Waals surface area contributed by atoms with E-state index in [2.05, 4.69) is 24.3 Å². The predicted octanol–water partition coefficient (Wildman–Crippen LogP) is 3.07. The number of thioether (sulfide) groups is 1. The van der Waals surface area contributed by atoms with Gasteiger partial charge in [-0.15, -0.1) is 11.8 Å². The van der Waals surface area contributed by atoms with Crippen LogP contribution in [0.3, 0.4) is 0 Å². The molecule has 5 aliphatic rings. The van der Waals surface area contributed by atoms with Gasteiger partial charge in [-0.25, -0.2) is 0 Å². The number of unbranched alkanes of at least 4 members (excludes halogenated alkanes) is 1. The number of hydrogen-bond donors (Lipinski definition) is 1. The summed E-state index contributed by atoms with van der Waals surface area (Å²) in [5.41, 5.74) is 0. The molecule has 5 atom stereocenters. The van der Waals surface area contributed by atoms with E-state index in [1.807, 2.05) is 4.90 Å². The third-order valence-electron chi connectivity index (χ3n) is 8.45. The van der Waals surface area contributed by atoms with Crippen LogP contribution in [-0.2, 0) is 19.1 Å². The van der Waals surface area contributed by atoms with E-state index in [9.17, 15) is 19.5 Å². The number of carbonyl (C=O) groups is 3. The Morgan fingerprint density at radius 1 is 1.03 bits per heavy atom. The zero-order chi connectivity index (χ0) is 24.4. The lowest BCUT2D eigenvalue weighted by atomic mass is 9.78. The van der Waals surface area contributed by atoms with E-state index < -0.39 is 22.6 Å². The van der Waals surface area contributed by atoms with E-state index in [-0.39, 0.29) is 35.7 Å². The molecule has 0 bridgehead atoms. The number of rotatable bonds is 5. The summed E-state index contributed by atoms with van der Waals surface area (Å²) in [6, 6.07) is -0.412. The van der Waals surface area contributed by atoms with Gasteiger partial charge in [0.05, 0.1) is 23.2 Å². The molecule has 1 unspecified atom stereocenters. The van der Waals surface area contributed by atoms with Gasteiger partial charge in [-0.2, -0.15) is 0 Å². The largest absolute Gasteiger partial charge is 0.465 e. The quantitative estimate of drug-likeness (QED) is 0.353. The molecule has 4 aliphatic heterocycles. The highest BCUT2D eigenvalue weighted by molar-refractivity contribution is 8.02. The van der Waals surface area contributed by atoms with Crippen molar-refractivity contribution in [1.29, 1.82) is 0 Å².